The maximum Gasteiger partial charge on any atom is 0.291 e. The van der Waals surface area contributed by atoms with Gasteiger partial charge >= 0.3 is 0 Å². The van der Waals surface area contributed by atoms with Gasteiger partial charge in [0.25, 0.3) is 5.91 Å². The van der Waals surface area contributed by atoms with Crippen LogP contribution in [0.1, 0.15) is 70.7 Å². The van der Waals surface area contributed by atoms with Gasteiger partial charge in [-0.3, -0.25) is 9.59 Å². The van der Waals surface area contributed by atoms with Gasteiger partial charge in [-0.05, 0) is 53.1 Å². The van der Waals surface area contributed by atoms with Crippen molar-refractivity contribution >= 4 is 16.9 Å². The van der Waals surface area contributed by atoms with Crippen LogP contribution in [0, 0.1) is 13.8 Å². The van der Waals surface area contributed by atoms with E-state index in [1.54, 1.807) is 4.90 Å². The van der Waals surface area contributed by atoms with Crippen molar-refractivity contribution in [1.82, 2.24) is 4.90 Å². The third-order valence-corrected chi connectivity index (χ3v) is 6.69. The first-order chi connectivity index (χ1) is 16.1. The van der Waals surface area contributed by atoms with Crippen LogP contribution < -0.4 is 5.43 Å². The number of carbonyl (C=O) groups is 1. The molecule has 0 fully saturated rings. The van der Waals surface area contributed by atoms with Crippen molar-refractivity contribution in [3.8, 4) is 0 Å². The number of nitrogens with zero attached hydrogens (tertiary/aromatic N) is 1. The van der Waals surface area contributed by atoms with Crippen LogP contribution in [0.5, 0.6) is 0 Å². The van der Waals surface area contributed by atoms with Gasteiger partial charge in [-0.15, -0.1) is 0 Å². The fourth-order valence-corrected chi connectivity index (χ4v) is 4.93. The standard InChI is InChI=1S/C30H29NO3/c1-18-15-19(2)27-23(16-18)26(32)24-25(21-11-13-22(14-12-21)30(3,4)5)31(29(33)28(24)34-27)17-20-9-7-6-8-10-20/h6-16,25H,17H2,1-5H3. The molecule has 5 rings (SSSR count). The molecule has 4 nitrogen and oxygen atoms in total. The number of carbonyl (C=O) groups excluding carboxylic acids is 1. The van der Waals surface area contributed by atoms with E-state index in [9.17, 15) is 9.59 Å². The summed E-state index contributed by atoms with van der Waals surface area (Å²) in [5, 5.41) is 0.530. The fraction of sp³-hybridized carbons (Fsp3) is 0.267. The van der Waals surface area contributed by atoms with Gasteiger partial charge in [-0.1, -0.05) is 81.4 Å². The molecule has 0 aliphatic carbocycles. The average Bonchev–Trinajstić information content (AvgIpc) is 3.07. The van der Waals surface area contributed by atoms with Crippen LogP contribution in [0.2, 0.25) is 0 Å². The summed E-state index contributed by atoms with van der Waals surface area (Å²) in [4.78, 5) is 29.3. The molecule has 0 bridgehead atoms. The number of benzene rings is 3. The highest BCUT2D eigenvalue weighted by Crippen LogP contribution is 2.40. The lowest BCUT2D eigenvalue weighted by Gasteiger charge is -2.26. The minimum absolute atomic E-state index is 0.00986. The highest BCUT2D eigenvalue weighted by molar-refractivity contribution is 5.99. The first-order valence-electron chi connectivity index (χ1n) is 11.7. The summed E-state index contributed by atoms with van der Waals surface area (Å²) in [5.74, 6) is -0.0898. The Balaban J connectivity index is 1.73. The van der Waals surface area contributed by atoms with E-state index in [1.165, 1.54) is 5.56 Å². The minimum Gasteiger partial charge on any atom is -0.450 e. The zero-order valence-electron chi connectivity index (χ0n) is 20.3. The summed E-state index contributed by atoms with van der Waals surface area (Å²) < 4.78 is 6.19. The van der Waals surface area contributed by atoms with Crippen molar-refractivity contribution in [1.29, 1.82) is 0 Å². The number of rotatable bonds is 3. The molecule has 1 unspecified atom stereocenters. The predicted molar refractivity (Wildman–Crippen MR) is 135 cm³/mol. The van der Waals surface area contributed by atoms with Crippen molar-refractivity contribution < 1.29 is 9.21 Å². The first-order valence-corrected chi connectivity index (χ1v) is 11.7. The lowest BCUT2D eigenvalue weighted by molar-refractivity contribution is 0.0714. The molecule has 34 heavy (non-hydrogen) atoms. The second-order valence-corrected chi connectivity index (χ2v) is 10.3. The number of amides is 1. The van der Waals surface area contributed by atoms with E-state index < -0.39 is 6.04 Å². The molecule has 3 aromatic carbocycles. The summed E-state index contributed by atoms with van der Waals surface area (Å²) in [5.41, 5.74) is 5.77. The summed E-state index contributed by atoms with van der Waals surface area (Å²) in [6.07, 6.45) is 0. The predicted octanol–water partition coefficient (Wildman–Crippen LogP) is 6.45. The van der Waals surface area contributed by atoms with Crippen LogP contribution in [-0.4, -0.2) is 10.8 Å². The maximum absolute atomic E-state index is 13.8. The van der Waals surface area contributed by atoms with Gasteiger partial charge in [0, 0.05) is 6.54 Å². The zero-order valence-corrected chi connectivity index (χ0v) is 20.3. The molecule has 4 heteroatoms. The number of hydrogen-bond donors (Lipinski definition) is 0. The molecule has 1 aromatic heterocycles. The summed E-state index contributed by atoms with van der Waals surface area (Å²) in [6.45, 7) is 10.8. The topological polar surface area (TPSA) is 50.5 Å². The quantitative estimate of drug-likeness (QED) is 0.359. The molecule has 1 aliphatic rings. The molecule has 4 aromatic rings. The number of hydrogen-bond acceptors (Lipinski definition) is 3. The Bertz CT molecular complexity index is 1460. The van der Waals surface area contributed by atoms with E-state index in [1.807, 2.05) is 68.4 Å². The molecule has 2 heterocycles. The van der Waals surface area contributed by atoms with E-state index in [0.29, 0.717) is 23.1 Å². The van der Waals surface area contributed by atoms with Gasteiger partial charge in [0.05, 0.1) is 17.0 Å². The Morgan fingerprint density at radius 1 is 0.912 bits per heavy atom. The van der Waals surface area contributed by atoms with Gasteiger partial charge in [0.1, 0.15) is 5.58 Å². The van der Waals surface area contributed by atoms with Crippen molar-refractivity contribution in [3.05, 3.63) is 116 Å². The van der Waals surface area contributed by atoms with Gasteiger partial charge in [-0.25, -0.2) is 0 Å². The van der Waals surface area contributed by atoms with Crippen molar-refractivity contribution in [2.24, 2.45) is 0 Å². The number of aryl methyl sites for hydroxylation is 2. The van der Waals surface area contributed by atoms with E-state index >= 15 is 0 Å². The van der Waals surface area contributed by atoms with Crippen LogP contribution in [0.4, 0.5) is 0 Å². The molecule has 172 valence electrons. The van der Waals surface area contributed by atoms with Crippen LogP contribution in [0.15, 0.2) is 75.9 Å². The Morgan fingerprint density at radius 2 is 1.59 bits per heavy atom. The summed E-state index contributed by atoms with van der Waals surface area (Å²) in [7, 11) is 0. The monoisotopic (exact) mass is 451 g/mol. The minimum atomic E-state index is -0.502. The van der Waals surface area contributed by atoms with Crippen LogP contribution >= 0.6 is 0 Å². The smallest absolute Gasteiger partial charge is 0.291 e. The second kappa shape index (κ2) is 7.98. The van der Waals surface area contributed by atoms with Gasteiger partial charge in [0.15, 0.2) is 5.43 Å². The molecule has 1 atom stereocenters. The molecule has 0 radical (unpaired) electrons. The SMILES string of the molecule is Cc1cc(C)c2oc3c(c(=O)c2c1)C(c1ccc(C(C)(C)C)cc1)N(Cc1ccccc1)C3=O. The maximum atomic E-state index is 13.8. The van der Waals surface area contributed by atoms with Crippen LogP contribution in [-0.2, 0) is 12.0 Å². The third-order valence-electron chi connectivity index (χ3n) is 6.69. The van der Waals surface area contributed by atoms with Crippen molar-refractivity contribution in [2.45, 2.75) is 52.6 Å². The van der Waals surface area contributed by atoms with Gasteiger partial charge in [0.2, 0.25) is 5.76 Å². The van der Waals surface area contributed by atoms with Crippen molar-refractivity contribution in [2.75, 3.05) is 0 Å². The van der Waals surface area contributed by atoms with Crippen molar-refractivity contribution in [3.63, 3.8) is 0 Å². The van der Waals surface area contributed by atoms with E-state index in [-0.39, 0.29) is 22.5 Å². The zero-order chi connectivity index (χ0) is 24.2. The largest absolute Gasteiger partial charge is 0.450 e. The van der Waals surface area contributed by atoms with Gasteiger partial charge < -0.3 is 9.32 Å². The second-order valence-electron chi connectivity index (χ2n) is 10.3. The molecule has 1 amide bonds. The average molecular weight is 452 g/mol. The van der Waals surface area contributed by atoms with Gasteiger partial charge in [-0.2, -0.15) is 0 Å². The van der Waals surface area contributed by atoms with E-state index in [0.717, 1.165) is 22.3 Å². The Labute approximate surface area is 199 Å². The molecular formula is C30H29NO3. The highest BCUT2D eigenvalue weighted by atomic mass is 16.3. The molecular weight excluding hydrogens is 422 g/mol. The first kappa shape index (κ1) is 22.1. The van der Waals surface area contributed by atoms with E-state index in [4.69, 9.17) is 4.42 Å². The number of fused-ring (bicyclic) bond motifs is 2. The summed E-state index contributed by atoms with van der Waals surface area (Å²) >= 11 is 0. The van der Waals surface area contributed by atoms with Crippen LogP contribution in [0.25, 0.3) is 11.0 Å². The highest BCUT2D eigenvalue weighted by Gasteiger charge is 2.42. The van der Waals surface area contributed by atoms with E-state index in [2.05, 4.69) is 32.9 Å². The van der Waals surface area contributed by atoms with Crippen LogP contribution in [0.3, 0.4) is 0 Å². The summed E-state index contributed by atoms with van der Waals surface area (Å²) in [6, 6.07) is 21.5. The third kappa shape index (κ3) is 3.63. The molecule has 0 saturated heterocycles. The Hall–Kier alpha value is -3.66. The Morgan fingerprint density at radius 3 is 2.24 bits per heavy atom. The molecule has 0 spiro atoms. The molecule has 0 saturated carbocycles. The molecule has 1 aliphatic heterocycles. The lowest BCUT2D eigenvalue weighted by atomic mass is 9.85. The Kier molecular flexibility index (Phi) is 5.20. The normalized spacial score (nSPS) is 15.7. The lowest BCUT2D eigenvalue weighted by Crippen LogP contribution is -2.29. The molecule has 0 N–H and O–H groups in total. The fourth-order valence-electron chi connectivity index (χ4n) is 4.93.